The number of rotatable bonds is 1. The predicted octanol–water partition coefficient (Wildman–Crippen LogP) is 4.19. The topological polar surface area (TPSA) is 43.8 Å². The van der Waals surface area contributed by atoms with Gasteiger partial charge in [-0.15, -0.1) is 0 Å². The molecular formula is C13H7Cl2F2N3. The second-order valence-electron chi connectivity index (χ2n) is 4.16. The van der Waals surface area contributed by atoms with Crippen LogP contribution in [0.1, 0.15) is 0 Å². The number of imidazole rings is 1. The monoisotopic (exact) mass is 313 g/mol. The minimum Gasteiger partial charge on any atom is -0.369 e. The highest BCUT2D eigenvalue weighted by Gasteiger charge is 2.17. The van der Waals surface area contributed by atoms with Crippen molar-refractivity contribution in [2.45, 2.75) is 0 Å². The molecule has 1 heterocycles. The van der Waals surface area contributed by atoms with E-state index in [1.165, 1.54) is 22.8 Å². The van der Waals surface area contributed by atoms with Crippen molar-refractivity contribution < 1.29 is 8.78 Å². The summed E-state index contributed by atoms with van der Waals surface area (Å²) in [5.41, 5.74) is 7.02. The van der Waals surface area contributed by atoms with Crippen molar-refractivity contribution in [3.63, 3.8) is 0 Å². The van der Waals surface area contributed by atoms with Crippen LogP contribution < -0.4 is 5.73 Å². The van der Waals surface area contributed by atoms with Gasteiger partial charge in [-0.1, -0.05) is 23.2 Å². The predicted molar refractivity (Wildman–Crippen MR) is 75.4 cm³/mol. The Morgan fingerprint density at radius 2 is 1.65 bits per heavy atom. The Labute approximate surface area is 122 Å². The van der Waals surface area contributed by atoms with Crippen molar-refractivity contribution in [1.82, 2.24) is 9.55 Å². The fourth-order valence-corrected chi connectivity index (χ4v) is 2.68. The quantitative estimate of drug-likeness (QED) is 0.732. The normalized spacial score (nSPS) is 11.2. The van der Waals surface area contributed by atoms with E-state index in [1.54, 1.807) is 0 Å². The van der Waals surface area contributed by atoms with Gasteiger partial charge in [0.1, 0.15) is 11.6 Å². The Balaban J connectivity index is 2.38. The molecule has 0 spiro atoms. The van der Waals surface area contributed by atoms with E-state index in [0.29, 0.717) is 16.7 Å². The van der Waals surface area contributed by atoms with Crippen LogP contribution in [0.2, 0.25) is 10.0 Å². The van der Waals surface area contributed by atoms with Crippen molar-refractivity contribution in [1.29, 1.82) is 0 Å². The third kappa shape index (κ3) is 1.99. The molecule has 3 nitrogen and oxygen atoms in total. The molecule has 3 rings (SSSR count). The van der Waals surface area contributed by atoms with Gasteiger partial charge in [-0.2, -0.15) is 0 Å². The second-order valence-corrected chi connectivity index (χ2v) is 4.97. The van der Waals surface area contributed by atoms with Crippen molar-refractivity contribution in [3.8, 4) is 5.69 Å². The molecule has 0 saturated heterocycles. The SMILES string of the molecule is Nc1nc2cc(F)ccc2n1-c1c(Cl)cc(F)cc1Cl. The van der Waals surface area contributed by atoms with Crippen molar-refractivity contribution >= 4 is 40.2 Å². The van der Waals surface area contributed by atoms with Gasteiger partial charge in [0.25, 0.3) is 0 Å². The first-order valence-corrected chi connectivity index (χ1v) is 6.31. The van der Waals surface area contributed by atoms with Crippen LogP contribution in [0.25, 0.3) is 16.7 Å². The molecule has 0 radical (unpaired) electrons. The average molecular weight is 314 g/mol. The van der Waals surface area contributed by atoms with Crippen LogP contribution in [0.4, 0.5) is 14.7 Å². The molecule has 0 aliphatic heterocycles. The van der Waals surface area contributed by atoms with Gasteiger partial charge in [0.2, 0.25) is 5.95 Å². The Hall–Kier alpha value is -1.85. The summed E-state index contributed by atoms with van der Waals surface area (Å²) in [4.78, 5) is 4.04. The van der Waals surface area contributed by atoms with E-state index in [2.05, 4.69) is 4.98 Å². The maximum absolute atomic E-state index is 13.2. The van der Waals surface area contributed by atoms with E-state index in [0.717, 1.165) is 12.1 Å². The standard InChI is InChI=1S/C13H7Cl2F2N3/c14-8-3-7(17)4-9(15)12(8)20-11-2-1-6(16)5-10(11)19-13(20)18/h1-5H,(H2,18,19). The highest BCUT2D eigenvalue weighted by molar-refractivity contribution is 6.38. The zero-order chi connectivity index (χ0) is 14.4. The molecule has 0 saturated carbocycles. The molecule has 2 aromatic carbocycles. The van der Waals surface area contributed by atoms with Crippen LogP contribution >= 0.6 is 23.2 Å². The number of halogens is 4. The van der Waals surface area contributed by atoms with Gasteiger partial charge >= 0.3 is 0 Å². The summed E-state index contributed by atoms with van der Waals surface area (Å²) < 4.78 is 27.9. The Kier molecular flexibility index (Phi) is 3.03. The number of anilines is 1. The molecule has 102 valence electrons. The second kappa shape index (κ2) is 4.61. The maximum atomic E-state index is 13.2. The van der Waals surface area contributed by atoms with E-state index in [-0.39, 0.29) is 16.0 Å². The summed E-state index contributed by atoms with van der Waals surface area (Å²) in [7, 11) is 0. The summed E-state index contributed by atoms with van der Waals surface area (Å²) in [5.74, 6) is -0.905. The lowest BCUT2D eigenvalue weighted by Crippen LogP contribution is -2.02. The molecule has 0 aliphatic carbocycles. The highest BCUT2D eigenvalue weighted by Crippen LogP contribution is 2.34. The number of hydrogen-bond donors (Lipinski definition) is 1. The first-order chi connectivity index (χ1) is 9.47. The van der Waals surface area contributed by atoms with Crippen LogP contribution in [0.5, 0.6) is 0 Å². The van der Waals surface area contributed by atoms with Crippen molar-refractivity contribution in [2.24, 2.45) is 0 Å². The molecule has 0 aliphatic rings. The van der Waals surface area contributed by atoms with Crippen LogP contribution in [0, 0.1) is 11.6 Å². The lowest BCUT2D eigenvalue weighted by atomic mass is 10.2. The summed E-state index contributed by atoms with van der Waals surface area (Å²) in [6.07, 6.45) is 0. The van der Waals surface area contributed by atoms with E-state index in [1.807, 2.05) is 0 Å². The zero-order valence-corrected chi connectivity index (χ0v) is 11.4. The number of nitrogens with zero attached hydrogens (tertiary/aromatic N) is 2. The van der Waals surface area contributed by atoms with E-state index in [9.17, 15) is 8.78 Å². The van der Waals surface area contributed by atoms with Crippen molar-refractivity contribution in [2.75, 3.05) is 5.73 Å². The van der Waals surface area contributed by atoms with Gasteiger partial charge in [-0.25, -0.2) is 13.8 Å². The maximum Gasteiger partial charge on any atom is 0.206 e. The van der Waals surface area contributed by atoms with Gasteiger partial charge in [-0.3, -0.25) is 4.57 Å². The number of fused-ring (bicyclic) bond motifs is 1. The number of nitrogens with two attached hydrogens (primary N) is 1. The third-order valence-electron chi connectivity index (χ3n) is 2.85. The lowest BCUT2D eigenvalue weighted by molar-refractivity contribution is 0.627. The van der Waals surface area contributed by atoms with Crippen molar-refractivity contribution in [3.05, 3.63) is 52.0 Å². The van der Waals surface area contributed by atoms with Gasteiger partial charge in [-0.05, 0) is 24.3 Å². The molecule has 0 unspecified atom stereocenters. The van der Waals surface area contributed by atoms with E-state index in [4.69, 9.17) is 28.9 Å². The molecule has 20 heavy (non-hydrogen) atoms. The lowest BCUT2D eigenvalue weighted by Gasteiger charge is -2.11. The first kappa shape index (κ1) is 13.1. The first-order valence-electron chi connectivity index (χ1n) is 5.56. The molecule has 1 aromatic heterocycles. The number of aromatic nitrogens is 2. The fraction of sp³-hybridized carbons (Fsp3) is 0. The summed E-state index contributed by atoms with van der Waals surface area (Å²) in [5, 5.41) is 0.177. The van der Waals surface area contributed by atoms with Crippen LogP contribution in [0.15, 0.2) is 30.3 Å². The zero-order valence-electron chi connectivity index (χ0n) is 9.87. The Morgan fingerprint density at radius 3 is 2.30 bits per heavy atom. The minimum atomic E-state index is -0.558. The minimum absolute atomic E-state index is 0.0843. The summed E-state index contributed by atoms with van der Waals surface area (Å²) >= 11 is 12.1. The van der Waals surface area contributed by atoms with Crippen LogP contribution in [-0.4, -0.2) is 9.55 Å². The molecule has 0 bridgehead atoms. The number of hydrogen-bond acceptors (Lipinski definition) is 2. The van der Waals surface area contributed by atoms with Crippen LogP contribution in [-0.2, 0) is 0 Å². The van der Waals surface area contributed by atoms with E-state index < -0.39 is 11.6 Å². The largest absolute Gasteiger partial charge is 0.369 e. The molecule has 3 aromatic rings. The average Bonchev–Trinajstić information content (AvgIpc) is 2.64. The third-order valence-corrected chi connectivity index (χ3v) is 3.42. The molecule has 7 heteroatoms. The number of benzene rings is 2. The Bertz CT molecular complexity index is 807. The molecule has 2 N–H and O–H groups in total. The fourth-order valence-electron chi connectivity index (χ4n) is 2.06. The molecule has 0 atom stereocenters. The molecule has 0 fully saturated rings. The van der Waals surface area contributed by atoms with Gasteiger partial charge in [0.05, 0.1) is 26.8 Å². The molecular weight excluding hydrogens is 307 g/mol. The van der Waals surface area contributed by atoms with Crippen LogP contribution in [0.3, 0.4) is 0 Å². The van der Waals surface area contributed by atoms with E-state index >= 15 is 0 Å². The van der Waals surface area contributed by atoms with Gasteiger partial charge in [0.15, 0.2) is 0 Å². The molecule has 0 amide bonds. The van der Waals surface area contributed by atoms with Gasteiger partial charge < -0.3 is 5.73 Å². The Morgan fingerprint density at radius 1 is 1.00 bits per heavy atom. The summed E-state index contributed by atoms with van der Waals surface area (Å²) in [6, 6.07) is 6.26. The summed E-state index contributed by atoms with van der Waals surface area (Å²) in [6.45, 7) is 0. The van der Waals surface area contributed by atoms with Gasteiger partial charge in [0, 0.05) is 6.07 Å². The smallest absolute Gasteiger partial charge is 0.206 e. The number of nitrogen functional groups attached to an aromatic ring is 1. The highest BCUT2D eigenvalue weighted by atomic mass is 35.5.